The van der Waals surface area contributed by atoms with Crippen molar-refractivity contribution in [3.63, 3.8) is 0 Å². The lowest BCUT2D eigenvalue weighted by Gasteiger charge is -2.45. The number of ether oxygens (including phenoxy) is 6. The average molecular weight is 841 g/mol. The molecular weight excluding hydrogens is 812 g/mol. The molecule has 0 radical (unpaired) electrons. The van der Waals surface area contributed by atoms with Gasteiger partial charge in [-0.25, -0.2) is 19.2 Å². The fraction of sp³-hybridized carbons (Fsp3) is 0.297. The summed E-state index contributed by atoms with van der Waals surface area (Å²) in [6.45, 7) is -0.215. The number of aromatic hydroxyl groups is 8. The molecule has 0 aromatic heterocycles. The normalized spacial score (nSPS) is 29.3. The first kappa shape index (κ1) is 39.5. The number of cyclic esters (lactones) is 1. The van der Waals surface area contributed by atoms with Crippen LogP contribution in [0.25, 0.3) is 11.1 Å². The van der Waals surface area contributed by atoms with Crippen LogP contribution >= 0.6 is 0 Å². The van der Waals surface area contributed by atoms with E-state index in [0.717, 1.165) is 6.92 Å². The Morgan fingerprint density at radius 2 is 1.20 bits per heavy atom. The second-order valence-corrected chi connectivity index (χ2v) is 14.3. The van der Waals surface area contributed by atoms with Gasteiger partial charge in [-0.15, -0.1) is 0 Å². The number of aliphatic hydroxyl groups excluding tert-OH is 1. The van der Waals surface area contributed by atoms with Crippen molar-refractivity contribution in [3.05, 3.63) is 52.1 Å². The summed E-state index contributed by atoms with van der Waals surface area (Å²) in [5.41, 5.74) is -9.85. The van der Waals surface area contributed by atoms with Crippen molar-refractivity contribution >= 4 is 35.4 Å². The third-order valence-corrected chi connectivity index (χ3v) is 10.7. The van der Waals surface area contributed by atoms with Crippen LogP contribution in [0.1, 0.15) is 55.9 Å². The number of fused-ring (bicyclic) bond motifs is 3. The summed E-state index contributed by atoms with van der Waals surface area (Å²) in [5, 5.41) is 120. The van der Waals surface area contributed by atoms with E-state index in [1.54, 1.807) is 0 Å². The molecule has 8 rings (SSSR count). The maximum absolute atomic E-state index is 14.4. The first-order valence-electron chi connectivity index (χ1n) is 17.3. The minimum absolute atomic E-state index is 0.420. The number of esters is 4. The number of benzene rings is 3. The van der Waals surface area contributed by atoms with E-state index in [0.29, 0.717) is 24.3 Å². The Bertz CT molecular complexity index is 2560. The van der Waals surface area contributed by atoms with E-state index in [-0.39, 0.29) is 0 Å². The van der Waals surface area contributed by atoms with Crippen molar-refractivity contribution in [1.29, 1.82) is 0 Å². The van der Waals surface area contributed by atoms with Gasteiger partial charge in [0.2, 0.25) is 17.2 Å². The molecule has 3 unspecified atom stereocenters. The number of hydrogen-bond donors (Lipinski definition) is 11. The zero-order valence-corrected chi connectivity index (χ0v) is 30.0. The molecule has 8 atom stereocenters. The third-order valence-electron chi connectivity index (χ3n) is 10.7. The lowest BCUT2D eigenvalue weighted by Crippen LogP contribution is -2.67. The summed E-state index contributed by atoms with van der Waals surface area (Å²) < 4.78 is 33.2. The molecule has 5 aliphatic rings. The summed E-state index contributed by atoms with van der Waals surface area (Å²) in [6, 6.07) is 1.48. The lowest BCUT2D eigenvalue weighted by molar-refractivity contribution is -0.287. The summed E-state index contributed by atoms with van der Waals surface area (Å²) in [5.74, 6) is -25.9. The number of ketones is 2. The number of phenolic OH excluding ortho intramolecular Hbond substituents is 8. The van der Waals surface area contributed by atoms with Crippen LogP contribution in [0.3, 0.4) is 0 Å². The second-order valence-electron chi connectivity index (χ2n) is 14.3. The highest BCUT2D eigenvalue weighted by Crippen LogP contribution is 2.61. The van der Waals surface area contributed by atoms with Gasteiger partial charge in [-0.05, 0) is 31.2 Å². The van der Waals surface area contributed by atoms with Crippen molar-refractivity contribution in [2.75, 3.05) is 6.61 Å². The minimum Gasteiger partial charge on any atom is -0.504 e. The first-order valence-corrected chi connectivity index (χ1v) is 17.3. The molecular formula is C37H28O23. The number of phenols is 8. The summed E-state index contributed by atoms with van der Waals surface area (Å²) >= 11 is 0. The van der Waals surface area contributed by atoms with Gasteiger partial charge in [0.15, 0.2) is 70.5 Å². The Morgan fingerprint density at radius 3 is 1.80 bits per heavy atom. The van der Waals surface area contributed by atoms with E-state index >= 15 is 0 Å². The Morgan fingerprint density at radius 1 is 0.683 bits per heavy atom. The van der Waals surface area contributed by atoms with Crippen molar-refractivity contribution in [3.8, 4) is 62.9 Å². The number of rotatable bonds is 2. The quantitative estimate of drug-likeness (QED) is 0.0832. The Labute approximate surface area is 331 Å². The van der Waals surface area contributed by atoms with Crippen LogP contribution in [-0.4, -0.2) is 140 Å². The number of hydrogen-bond acceptors (Lipinski definition) is 23. The molecule has 314 valence electrons. The van der Waals surface area contributed by atoms with Crippen molar-refractivity contribution < 1.29 is 113 Å². The molecule has 11 N–H and O–H groups in total. The summed E-state index contributed by atoms with van der Waals surface area (Å²) in [7, 11) is 0. The standard InChI is InChI=1S/C37H28O23/c1-8(38)6-36(53)17(42)5-12-21-20-11(4-15(41)24(45)28(20)60-37(21,36)54)33(50)59-30-29-27(57-34(12)51)16(56-35(30)52)7-55-31(48)9-2-13(39)22(43)25(46)18(9)19-10(32(49)58-29)3-14(40)23(44)26(19)47/h2-5,16,21,27,29-30,35,39-41,43-47,52-54H,6-7H2,1H3/t16-,21+,27-,29?,30?,35?,36+,37-/m1/s1. The Kier molecular flexibility index (Phi) is 8.61. The summed E-state index contributed by atoms with van der Waals surface area (Å²) in [4.78, 5) is 82.5. The molecule has 23 nitrogen and oxygen atoms in total. The Balaban J connectivity index is 1.36. The molecule has 1 fully saturated rings. The second kappa shape index (κ2) is 13.1. The van der Waals surface area contributed by atoms with Crippen molar-refractivity contribution in [2.45, 2.75) is 61.4 Å². The predicted octanol–water partition coefficient (Wildman–Crippen LogP) is -1.05. The van der Waals surface area contributed by atoms with Crippen LogP contribution in [0.2, 0.25) is 0 Å². The predicted molar refractivity (Wildman–Crippen MR) is 183 cm³/mol. The molecule has 4 bridgehead atoms. The molecule has 4 heterocycles. The van der Waals surface area contributed by atoms with Gasteiger partial charge in [-0.1, -0.05) is 0 Å². The van der Waals surface area contributed by atoms with Gasteiger partial charge in [0.05, 0.1) is 28.2 Å². The number of Topliss-reactive ketones (excluding diaryl/α,β-unsaturated/α-hetero) is 1. The van der Waals surface area contributed by atoms with Gasteiger partial charge in [-0.3, -0.25) is 9.59 Å². The molecule has 3 aromatic carbocycles. The number of aliphatic hydroxyl groups is 3. The third kappa shape index (κ3) is 5.36. The molecule has 1 saturated heterocycles. The Hall–Kier alpha value is -7.34. The van der Waals surface area contributed by atoms with Crippen LogP contribution in [0.15, 0.2) is 29.8 Å². The molecule has 0 amide bonds. The highest BCUT2D eigenvalue weighted by Gasteiger charge is 2.70. The van der Waals surface area contributed by atoms with Crippen LogP contribution in [0.4, 0.5) is 0 Å². The fourth-order valence-corrected chi connectivity index (χ4v) is 7.93. The number of carbonyl (C=O) groups excluding carboxylic acids is 6. The molecule has 4 aliphatic heterocycles. The van der Waals surface area contributed by atoms with Crippen molar-refractivity contribution in [2.24, 2.45) is 0 Å². The molecule has 1 aliphatic carbocycles. The molecule has 60 heavy (non-hydrogen) atoms. The largest absolute Gasteiger partial charge is 0.504 e. The highest BCUT2D eigenvalue weighted by molar-refractivity contribution is 6.11. The minimum atomic E-state index is -3.43. The van der Waals surface area contributed by atoms with Gasteiger partial charge in [0.25, 0.3) is 5.79 Å². The average Bonchev–Trinajstić information content (AvgIpc) is 3.51. The highest BCUT2D eigenvalue weighted by atomic mass is 16.7. The molecule has 3 aromatic rings. The number of carbonyl (C=O) groups is 6. The van der Waals surface area contributed by atoms with Gasteiger partial charge < -0.3 is 84.6 Å². The van der Waals surface area contributed by atoms with E-state index in [2.05, 4.69) is 0 Å². The summed E-state index contributed by atoms with van der Waals surface area (Å²) in [6.07, 6.45) is -12.1. The smallest absolute Gasteiger partial charge is 0.339 e. The molecule has 23 heteroatoms. The van der Waals surface area contributed by atoms with Crippen LogP contribution < -0.4 is 4.74 Å². The van der Waals surface area contributed by atoms with E-state index in [1.807, 2.05) is 0 Å². The maximum atomic E-state index is 14.4. The van der Waals surface area contributed by atoms with Crippen LogP contribution in [0, 0.1) is 0 Å². The van der Waals surface area contributed by atoms with E-state index in [1.165, 1.54) is 0 Å². The topological polar surface area (TPSA) is 380 Å². The monoisotopic (exact) mass is 840 g/mol. The fourth-order valence-electron chi connectivity index (χ4n) is 7.93. The van der Waals surface area contributed by atoms with Crippen LogP contribution in [0.5, 0.6) is 51.7 Å². The van der Waals surface area contributed by atoms with Gasteiger partial charge in [0.1, 0.15) is 18.5 Å². The zero-order valence-electron chi connectivity index (χ0n) is 30.0. The van der Waals surface area contributed by atoms with Gasteiger partial charge >= 0.3 is 23.9 Å². The van der Waals surface area contributed by atoms with Crippen molar-refractivity contribution in [1.82, 2.24) is 0 Å². The van der Waals surface area contributed by atoms with E-state index in [9.17, 15) is 84.9 Å². The zero-order chi connectivity index (χ0) is 43.7. The lowest BCUT2D eigenvalue weighted by atomic mass is 9.67. The van der Waals surface area contributed by atoms with E-state index in [4.69, 9.17) is 28.4 Å². The van der Waals surface area contributed by atoms with Crippen LogP contribution in [-0.2, 0) is 38.1 Å². The van der Waals surface area contributed by atoms with Gasteiger partial charge in [0, 0.05) is 23.1 Å². The molecule has 0 saturated carbocycles. The van der Waals surface area contributed by atoms with E-state index < -0.39 is 187 Å². The van der Waals surface area contributed by atoms with Gasteiger partial charge in [-0.2, -0.15) is 0 Å². The maximum Gasteiger partial charge on any atom is 0.339 e. The SMILES string of the molecule is CC(=O)C[C@]1(O)C(=O)C=C2C(=O)O[C@H]3C4OC(=O)c5cc(O)c(O)c(O)c5-c5c(cc(O)c(O)c5O)C(=O)OC[C@H]3OC(O)C4OC(=O)c3cc(O)c(O)c4c3[C@H]2[C@@]1(O)O4. The first-order chi connectivity index (χ1) is 28.1. The molecule has 0 spiro atoms.